The molecule has 9 heteroatoms. The highest BCUT2D eigenvalue weighted by molar-refractivity contribution is 6.23. The van der Waals surface area contributed by atoms with E-state index in [1.54, 1.807) is 18.2 Å². The first kappa shape index (κ1) is 19.0. The third-order valence-corrected chi connectivity index (χ3v) is 4.38. The third kappa shape index (κ3) is 3.54. The lowest BCUT2D eigenvalue weighted by Gasteiger charge is -2.17. The Morgan fingerprint density at radius 1 is 1.25 bits per heavy atom. The van der Waals surface area contributed by atoms with Crippen molar-refractivity contribution in [1.29, 1.82) is 0 Å². The summed E-state index contributed by atoms with van der Waals surface area (Å²) in [5.41, 5.74) is 0.751. The molecule has 1 N–H and O–H groups in total. The Morgan fingerprint density at radius 2 is 2.00 bits per heavy atom. The average Bonchev–Trinajstić information content (AvgIpc) is 2.95. The van der Waals surface area contributed by atoms with Gasteiger partial charge in [-0.2, -0.15) is 0 Å². The number of non-ortho nitro benzene ring substituents is 1. The van der Waals surface area contributed by atoms with Crippen LogP contribution in [0.2, 0.25) is 0 Å². The van der Waals surface area contributed by atoms with Gasteiger partial charge in [0.1, 0.15) is 11.8 Å². The molecule has 3 rings (SSSR count). The van der Waals surface area contributed by atoms with Crippen molar-refractivity contribution < 1.29 is 24.0 Å². The smallest absolute Gasteiger partial charge is 0.271 e. The maximum Gasteiger partial charge on any atom is 0.271 e. The highest BCUT2D eigenvalue weighted by Crippen LogP contribution is 2.32. The third-order valence-electron chi connectivity index (χ3n) is 4.38. The number of ether oxygens (including phenoxy) is 1. The number of hydrogen-bond acceptors (Lipinski definition) is 7. The summed E-state index contributed by atoms with van der Waals surface area (Å²) >= 11 is 0. The van der Waals surface area contributed by atoms with Crippen molar-refractivity contribution >= 4 is 34.7 Å². The Kier molecular flexibility index (Phi) is 5.08. The molecule has 1 atom stereocenters. The summed E-state index contributed by atoms with van der Waals surface area (Å²) in [5, 5.41) is 13.9. The van der Waals surface area contributed by atoms with Gasteiger partial charge in [0, 0.05) is 17.7 Å². The number of nitro groups is 1. The lowest BCUT2D eigenvalue weighted by molar-refractivity contribution is -0.384. The van der Waals surface area contributed by atoms with E-state index in [1.165, 1.54) is 38.3 Å². The summed E-state index contributed by atoms with van der Waals surface area (Å²) in [4.78, 5) is 48.3. The van der Waals surface area contributed by atoms with Crippen LogP contribution in [0, 0.1) is 10.1 Å². The molecule has 0 bridgehead atoms. The van der Waals surface area contributed by atoms with Crippen molar-refractivity contribution in [3.63, 3.8) is 0 Å². The quantitative estimate of drug-likeness (QED) is 0.352. The molecular formula is C19H17N3O6. The van der Waals surface area contributed by atoms with Crippen molar-refractivity contribution in [2.24, 2.45) is 0 Å². The highest BCUT2D eigenvalue weighted by atomic mass is 16.6. The van der Waals surface area contributed by atoms with Crippen LogP contribution in [0.1, 0.15) is 23.7 Å². The van der Waals surface area contributed by atoms with Gasteiger partial charge in [-0.3, -0.25) is 24.5 Å². The number of anilines is 2. The van der Waals surface area contributed by atoms with Crippen molar-refractivity contribution in [3.8, 4) is 5.75 Å². The number of methoxy groups -OCH3 is 1. The van der Waals surface area contributed by atoms with Crippen LogP contribution in [0.15, 0.2) is 42.5 Å². The molecule has 1 aliphatic rings. The van der Waals surface area contributed by atoms with Gasteiger partial charge in [-0.05, 0) is 25.1 Å². The lowest BCUT2D eigenvalue weighted by Crippen LogP contribution is -2.35. The topological polar surface area (TPSA) is 119 Å². The number of nitrogens with zero attached hydrogens (tertiary/aromatic N) is 2. The van der Waals surface area contributed by atoms with Gasteiger partial charge in [-0.1, -0.05) is 12.1 Å². The van der Waals surface area contributed by atoms with E-state index in [4.69, 9.17) is 4.74 Å². The van der Waals surface area contributed by atoms with E-state index in [0.717, 1.165) is 4.90 Å². The molecule has 144 valence electrons. The van der Waals surface area contributed by atoms with E-state index in [-0.39, 0.29) is 23.6 Å². The number of carbonyl (C=O) groups is 3. The Hall–Kier alpha value is -3.75. The summed E-state index contributed by atoms with van der Waals surface area (Å²) in [6, 6.07) is 9.27. The number of amides is 2. The summed E-state index contributed by atoms with van der Waals surface area (Å²) in [6.07, 6.45) is -0.130. The SMILES string of the molecule is COc1ccc([N+](=O)[O-])cc1N[C@H]1CC(=O)N(c2cccc(C(C)=O)c2)C1=O. The predicted molar refractivity (Wildman–Crippen MR) is 101 cm³/mol. The zero-order valence-electron chi connectivity index (χ0n) is 15.2. The lowest BCUT2D eigenvalue weighted by atomic mass is 10.1. The van der Waals surface area contributed by atoms with E-state index in [0.29, 0.717) is 17.0 Å². The number of Topliss-reactive ketones (excluding diaryl/α,β-unsaturated/α-hetero) is 1. The largest absolute Gasteiger partial charge is 0.495 e. The van der Waals surface area contributed by atoms with Crippen LogP contribution < -0.4 is 15.0 Å². The molecule has 9 nitrogen and oxygen atoms in total. The molecule has 1 fully saturated rings. The molecule has 2 aromatic rings. The molecule has 0 radical (unpaired) electrons. The van der Waals surface area contributed by atoms with Crippen LogP contribution in [-0.4, -0.2) is 35.7 Å². The Labute approximate surface area is 160 Å². The first-order valence-electron chi connectivity index (χ1n) is 8.38. The van der Waals surface area contributed by atoms with E-state index in [2.05, 4.69) is 5.32 Å². The summed E-state index contributed by atoms with van der Waals surface area (Å²) in [6.45, 7) is 1.39. The molecule has 1 aliphatic heterocycles. The fraction of sp³-hybridized carbons (Fsp3) is 0.211. The van der Waals surface area contributed by atoms with Gasteiger partial charge < -0.3 is 10.1 Å². The molecule has 0 spiro atoms. The van der Waals surface area contributed by atoms with Crippen LogP contribution in [0.5, 0.6) is 5.75 Å². The zero-order valence-corrected chi connectivity index (χ0v) is 15.2. The number of ketones is 1. The molecule has 28 heavy (non-hydrogen) atoms. The molecule has 0 unspecified atom stereocenters. The molecule has 2 amide bonds. The van der Waals surface area contributed by atoms with Crippen LogP contribution in [0.3, 0.4) is 0 Å². The maximum atomic E-state index is 12.8. The predicted octanol–water partition coefficient (Wildman–Crippen LogP) is 2.55. The number of benzene rings is 2. The van der Waals surface area contributed by atoms with Gasteiger partial charge in [-0.25, -0.2) is 4.90 Å². The van der Waals surface area contributed by atoms with Gasteiger partial charge in [0.2, 0.25) is 5.91 Å². The fourth-order valence-electron chi connectivity index (χ4n) is 2.99. The van der Waals surface area contributed by atoms with Crippen LogP contribution in [0.25, 0.3) is 0 Å². The first-order chi connectivity index (χ1) is 13.3. The van der Waals surface area contributed by atoms with Gasteiger partial charge in [0.15, 0.2) is 5.78 Å². The second-order valence-corrected chi connectivity index (χ2v) is 6.22. The van der Waals surface area contributed by atoms with Gasteiger partial charge in [0.05, 0.1) is 29.8 Å². The van der Waals surface area contributed by atoms with Crippen LogP contribution in [-0.2, 0) is 9.59 Å². The van der Waals surface area contributed by atoms with E-state index in [1.807, 2.05) is 0 Å². The number of imide groups is 1. The number of hydrogen-bond donors (Lipinski definition) is 1. The molecule has 1 heterocycles. The maximum absolute atomic E-state index is 12.8. The molecule has 2 aromatic carbocycles. The Bertz CT molecular complexity index is 987. The Morgan fingerprint density at radius 3 is 2.64 bits per heavy atom. The molecule has 0 saturated carbocycles. The van der Waals surface area contributed by atoms with Crippen molar-refractivity contribution in [1.82, 2.24) is 0 Å². The van der Waals surface area contributed by atoms with E-state index < -0.39 is 22.8 Å². The first-order valence-corrected chi connectivity index (χ1v) is 8.38. The van der Waals surface area contributed by atoms with Gasteiger partial charge in [0.25, 0.3) is 11.6 Å². The molecule has 1 saturated heterocycles. The van der Waals surface area contributed by atoms with Gasteiger partial charge in [-0.15, -0.1) is 0 Å². The second kappa shape index (κ2) is 7.47. The van der Waals surface area contributed by atoms with Crippen molar-refractivity contribution in [2.75, 3.05) is 17.3 Å². The number of nitro benzene ring substituents is 1. The van der Waals surface area contributed by atoms with Crippen LogP contribution in [0.4, 0.5) is 17.1 Å². The Balaban J connectivity index is 1.89. The number of nitrogens with one attached hydrogen (secondary N) is 1. The summed E-state index contributed by atoms with van der Waals surface area (Å²) in [5.74, 6) is -0.827. The summed E-state index contributed by atoms with van der Waals surface area (Å²) in [7, 11) is 1.40. The van der Waals surface area contributed by atoms with Crippen LogP contribution >= 0.6 is 0 Å². The molecular weight excluding hydrogens is 366 g/mol. The highest BCUT2D eigenvalue weighted by Gasteiger charge is 2.40. The summed E-state index contributed by atoms with van der Waals surface area (Å²) < 4.78 is 5.17. The average molecular weight is 383 g/mol. The van der Waals surface area contributed by atoms with E-state index >= 15 is 0 Å². The number of carbonyl (C=O) groups excluding carboxylic acids is 3. The molecule has 0 aromatic heterocycles. The normalized spacial score (nSPS) is 16.2. The van der Waals surface area contributed by atoms with Crippen molar-refractivity contribution in [3.05, 3.63) is 58.1 Å². The zero-order chi connectivity index (χ0) is 20.4. The van der Waals surface area contributed by atoms with Crippen molar-refractivity contribution in [2.45, 2.75) is 19.4 Å². The number of rotatable bonds is 6. The second-order valence-electron chi connectivity index (χ2n) is 6.22. The minimum Gasteiger partial charge on any atom is -0.495 e. The monoisotopic (exact) mass is 383 g/mol. The minimum absolute atomic E-state index is 0.130. The molecule has 0 aliphatic carbocycles. The van der Waals surface area contributed by atoms with E-state index in [9.17, 15) is 24.5 Å². The standard InChI is InChI=1S/C19H17N3O6/c1-11(23)12-4-3-5-13(8-12)21-18(24)10-16(19(21)25)20-15-9-14(22(26)27)6-7-17(15)28-2/h3-9,16,20H,10H2,1-2H3/t16-/m0/s1. The fourth-order valence-corrected chi connectivity index (χ4v) is 2.99. The minimum atomic E-state index is -0.913. The van der Waals surface area contributed by atoms with Gasteiger partial charge >= 0.3 is 0 Å².